The number of aliphatic hydroxyl groups is 1. The van der Waals surface area contributed by atoms with E-state index in [1.54, 1.807) is 6.92 Å². The van der Waals surface area contributed by atoms with Gasteiger partial charge in [-0.3, -0.25) is 9.69 Å². The molecule has 0 bridgehead atoms. The quantitative estimate of drug-likeness (QED) is 0.818. The number of halogens is 2. The number of aliphatic hydroxyl groups excluding tert-OH is 1. The fourth-order valence-electron chi connectivity index (χ4n) is 2.63. The molecule has 0 aliphatic carbocycles. The minimum atomic E-state index is -1.42. The molecule has 1 saturated heterocycles. The van der Waals surface area contributed by atoms with E-state index in [1.165, 1.54) is 0 Å². The van der Waals surface area contributed by atoms with Crippen molar-refractivity contribution in [3.8, 4) is 0 Å². The Bertz CT molecular complexity index is 608. The van der Waals surface area contributed by atoms with Crippen molar-refractivity contribution in [2.24, 2.45) is 0 Å². The van der Waals surface area contributed by atoms with Crippen molar-refractivity contribution in [3.63, 3.8) is 0 Å². The number of hydrogen-bond donors (Lipinski definition) is 2. The van der Waals surface area contributed by atoms with E-state index in [0.29, 0.717) is 18.9 Å². The number of carbonyl (C=O) groups excluding carboxylic acids is 2. The van der Waals surface area contributed by atoms with Gasteiger partial charge in [0, 0.05) is 11.6 Å². The Kier molecular flexibility index (Phi) is 4.46. The molecule has 5 nitrogen and oxygen atoms in total. The number of urea groups is 1. The van der Waals surface area contributed by atoms with Crippen LogP contribution in [0.1, 0.15) is 38.4 Å². The third kappa shape index (κ3) is 2.94. The van der Waals surface area contributed by atoms with E-state index >= 15 is 0 Å². The number of nitrogens with zero attached hydrogens (tertiary/aromatic N) is 1. The Balaban J connectivity index is 2.16. The molecule has 0 spiro atoms. The number of hydrogen-bond acceptors (Lipinski definition) is 3. The molecule has 2 N–H and O–H groups in total. The van der Waals surface area contributed by atoms with Gasteiger partial charge in [-0.25, -0.2) is 13.6 Å². The van der Waals surface area contributed by atoms with Crippen LogP contribution in [0.3, 0.4) is 0 Å². The summed E-state index contributed by atoms with van der Waals surface area (Å²) in [6.45, 7) is 3.12. The number of carbonyl (C=O) groups is 2. The number of rotatable bonds is 5. The zero-order chi connectivity index (χ0) is 16.5. The van der Waals surface area contributed by atoms with Crippen LogP contribution in [0.2, 0.25) is 0 Å². The fourth-order valence-corrected chi connectivity index (χ4v) is 2.63. The number of imide groups is 1. The van der Waals surface area contributed by atoms with Gasteiger partial charge in [0.25, 0.3) is 5.91 Å². The SMILES string of the molecule is CCCC1(C)NC(=O)N(CC(O)c2ccc(F)cc2F)C1=O. The number of β-amino-alcohol motifs (C(OH)–C–C–N with tert-alkyl or cyclic N) is 1. The summed E-state index contributed by atoms with van der Waals surface area (Å²) in [6.07, 6.45) is -0.250. The molecule has 3 amide bonds. The number of nitrogens with one attached hydrogen (secondary N) is 1. The molecule has 2 rings (SSSR count). The predicted molar refractivity (Wildman–Crippen MR) is 74.9 cm³/mol. The van der Waals surface area contributed by atoms with Gasteiger partial charge in [-0.1, -0.05) is 19.4 Å². The fraction of sp³-hybridized carbons (Fsp3) is 0.467. The average molecular weight is 312 g/mol. The lowest BCUT2D eigenvalue weighted by Crippen LogP contribution is -2.44. The van der Waals surface area contributed by atoms with Gasteiger partial charge < -0.3 is 10.4 Å². The number of amides is 3. The second-order valence-corrected chi connectivity index (χ2v) is 5.61. The van der Waals surface area contributed by atoms with Crippen molar-refractivity contribution in [1.82, 2.24) is 10.2 Å². The van der Waals surface area contributed by atoms with Crippen molar-refractivity contribution in [2.75, 3.05) is 6.54 Å². The zero-order valence-corrected chi connectivity index (χ0v) is 12.4. The molecule has 0 aromatic heterocycles. The Morgan fingerprint density at radius 2 is 2.05 bits per heavy atom. The highest BCUT2D eigenvalue weighted by molar-refractivity contribution is 6.06. The molecule has 2 unspecified atom stereocenters. The second-order valence-electron chi connectivity index (χ2n) is 5.61. The average Bonchev–Trinajstić information content (AvgIpc) is 2.62. The molecule has 2 atom stereocenters. The highest BCUT2D eigenvalue weighted by atomic mass is 19.1. The summed E-state index contributed by atoms with van der Waals surface area (Å²) < 4.78 is 26.5. The summed E-state index contributed by atoms with van der Waals surface area (Å²) >= 11 is 0. The summed E-state index contributed by atoms with van der Waals surface area (Å²) in [7, 11) is 0. The maximum absolute atomic E-state index is 13.6. The first-order valence-electron chi connectivity index (χ1n) is 7.05. The maximum Gasteiger partial charge on any atom is 0.325 e. The van der Waals surface area contributed by atoms with Crippen LogP contribution >= 0.6 is 0 Å². The van der Waals surface area contributed by atoms with E-state index in [9.17, 15) is 23.5 Å². The minimum absolute atomic E-state index is 0.161. The molecule has 1 aromatic rings. The summed E-state index contributed by atoms with van der Waals surface area (Å²) in [5.74, 6) is -2.14. The molecule has 0 radical (unpaired) electrons. The van der Waals surface area contributed by atoms with Gasteiger partial charge in [0.05, 0.1) is 12.6 Å². The Hall–Kier alpha value is -2.02. The lowest BCUT2D eigenvalue weighted by Gasteiger charge is -2.22. The molecule has 1 aromatic carbocycles. The molecule has 1 aliphatic heterocycles. The summed E-state index contributed by atoms with van der Waals surface area (Å²) in [4.78, 5) is 25.1. The van der Waals surface area contributed by atoms with Gasteiger partial charge in [-0.05, 0) is 19.4 Å². The van der Waals surface area contributed by atoms with Crippen molar-refractivity contribution >= 4 is 11.9 Å². The smallest absolute Gasteiger partial charge is 0.325 e. The van der Waals surface area contributed by atoms with Gasteiger partial charge in [-0.15, -0.1) is 0 Å². The van der Waals surface area contributed by atoms with Crippen LogP contribution in [0.25, 0.3) is 0 Å². The summed E-state index contributed by atoms with van der Waals surface area (Å²) in [5.41, 5.74) is -1.17. The topological polar surface area (TPSA) is 69.6 Å². The highest BCUT2D eigenvalue weighted by Gasteiger charge is 2.47. The van der Waals surface area contributed by atoms with Crippen molar-refractivity contribution in [1.29, 1.82) is 0 Å². The number of benzene rings is 1. The van der Waals surface area contributed by atoms with Gasteiger partial charge in [0.15, 0.2) is 0 Å². The summed E-state index contributed by atoms with van der Waals surface area (Å²) in [6, 6.07) is 2.13. The molecule has 22 heavy (non-hydrogen) atoms. The van der Waals surface area contributed by atoms with E-state index in [0.717, 1.165) is 17.0 Å². The normalized spacial score (nSPS) is 22.9. The van der Waals surface area contributed by atoms with Crippen molar-refractivity contribution in [3.05, 3.63) is 35.4 Å². The van der Waals surface area contributed by atoms with E-state index < -0.39 is 35.2 Å². The monoisotopic (exact) mass is 312 g/mol. The van der Waals surface area contributed by atoms with Gasteiger partial charge >= 0.3 is 6.03 Å². The van der Waals surface area contributed by atoms with Crippen LogP contribution in [-0.4, -0.2) is 34.0 Å². The first kappa shape index (κ1) is 16.4. The van der Waals surface area contributed by atoms with E-state index in [2.05, 4.69) is 5.32 Å². The van der Waals surface area contributed by atoms with E-state index in [-0.39, 0.29) is 12.1 Å². The van der Waals surface area contributed by atoms with Gasteiger partial charge in [-0.2, -0.15) is 0 Å². The Labute approximate surface area is 126 Å². The van der Waals surface area contributed by atoms with Crippen LogP contribution in [0.4, 0.5) is 13.6 Å². The first-order valence-corrected chi connectivity index (χ1v) is 7.05. The second kappa shape index (κ2) is 6.00. The van der Waals surface area contributed by atoms with E-state index in [1.807, 2.05) is 6.92 Å². The Morgan fingerprint density at radius 1 is 1.36 bits per heavy atom. The lowest BCUT2D eigenvalue weighted by molar-refractivity contribution is -0.132. The molecule has 7 heteroatoms. The molecular formula is C15H18F2N2O3. The third-order valence-electron chi connectivity index (χ3n) is 3.77. The largest absolute Gasteiger partial charge is 0.386 e. The predicted octanol–water partition coefficient (Wildman–Crippen LogP) is 2.11. The molecule has 0 saturated carbocycles. The molecule has 1 fully saturated rings. The van der Waals surface area contributed by atoms with Gasteiger partial charge in [0.1, 0.15) is 17.2 Å². The van der Waals surface area contributed by atoms with Crippen LogP contribution < -0.4 is 5.32 Å². The lowest BCUT2D eigenvalue weighted by atomic mass is 9.96. The zero-order valence-electron chi connectivity index (χ0n) is 12.4. The van der Waals surface area contributed by atoms with Crippen LogP contribution in [0.15, 0.2) is 18.2 Å². The van der Waals surface area contributed by atoms with Crippen LogP contribution in [0.5, 0.6) is 0 Å². The van der Waals surface area contributed by atoms with Crippen LogP contribution in [0, 0.1) is 11.6 Å². The molecule has 1 aliphatic rings. The maximum atomic E-state index is 13.6. The standard InChI is InChI=1S/C15H18F2N2O3/c1-3-6-15(2)13(21)19(14(22)18-15)8-12(20)10-5-4-9(16)7-11(10)17/h4-5,7,12,20H,3,6,8H2,1-2H3,(H,18,22). The summed E-state index contributed by atoms with van der Waals surface area (Å²) in [5, 5.41) is 12.6. The minimum Gasteiger partial charge on any atom is -0.386 e. The van der Waals surface area contributed by atoms with Crippen LogP contribution in [-0.2, 0) is 4.79 Å². The first-order chi connectivity index (χ1) is 10.3. The van der Waals surface area contributed by atoms with Crippen molar-refractivity contribution < 1.29 is 23.5 Å². The van der Waals surface area contributed by atoms with E-state index in [4.69, 9.17) is 0 Å². The Morgan fingerprint density at radius 3 is 2.64 bits per heavy atom. The van der Waals surface area contributed by atoms with Crippen molar-refractivity contribution in [2.45, 2.75) is 38.3 Å². The molecule has 120 valence electrons. The highest BCUT2D eigenvalue weighted by Crippen LogP contribution is 2.26. The van der Waals surface area contributed by atoms with Gasteiger partial charge in [0.2, 0.25) is 0 Å². The molecular weight excluding hydrogens is 294 g/mol. The molecule has 1 heterocycles. The third-order valence-corrected chi connectivity index (χ3v) is 3.77.